The average Bonchev–Trinajstić information content (AvgIpc) is 3.92. The zero-order valence-electron chi connectivity index (χ0n) is 37.4. The molecule has 12 nitrogen and oxygen atoms in total. The number of nitrogens with zero attached hydrogens (tertiary/aromatic N) is 3. The molecule has 1 aromatic rings. The highest BCUT2D eigenvalue weighted by atomic mass is 33.1. The van der Waals surface area contributed by atoms with Crippen LogP contribution in [0.1, 0.15) is 70.4 Å². The number of methoxy groups -OCH3 is 3. The molecule has 3 saturated heterocycles. The van der Waals surface area contributed by atoms with Gasteiger partial charge in [0.25, 0.3) is 0 Å². The van der Waals surface area contributed by atoms with Crippen molar-refractivity contribution in [2.75, 3.05) is 67.4 Å². The number of hydrogen-bond donors (Lipinski definition) is 2. The lowest BCUT2D eigenvalue weighted by Gasteiger charge is -2.63. The molecule has 5 aliphatic heterocycles. The summed E-state index contributed by atoms with van der Waals surface area (Å²) in [6.45, 7) is 8.85. The van der Waals surface area contributed by atoms with E-state index in [9.17, 15) is 19.8 Å². The van der Waals surface area contributed by atoms with Gasteiger partial charge >= 0.3 is 17.9 Å². The Kier molecular flexibility index (Phi) is 11.2. The van der Waals surface area contributed by atoms with Gasteiger partial charge in [0.15, 0.2) is 6.10 Å². The number of rotatable bonds is 9. The summed E-state index contributed by atoms with van der Waals surface area (Å²) in [4.78, 5) is 51.1. The number of hydrogen-bond acceptors (Lipinski definition) is 14. The van der Waals surface area contributed by atoms with E-state index in [-0.39, 0.29) is 17.9 Å². The van der Waals surface area contributed by atoms with Crippen molar-refractivity contribution in [1.82, 2.24) is 14.7 Å². The second kappa shape index (κ2) is 15.8. The van der Waals surface area contributed by atoms with E-state index in [1.54, 1.807) is 28.7 Å². The fourth-order valence-electron chi connectivity index (χ4n) is 14.5. The van der Waals surface area contributed by atoms with Crippen LogP contribution in [0.5, 0.6) is 0 Å². The number of likely N-dealkylation sites (tertiary alicyclic amines) is 1. The first kappa shape index (κ1) is 44.1. The molecule has 1 saturated carbocycles. The van der Waals surface area contributed by atoms with Crippen molar-refractivity contribution in [3.8, 4) is 0 Å². The highest BCUT2D eigenvalue weighted by molar-refractivity contribution is 8.76. The summed E-state index contributed by atoms with van der Waals surface area (Å²) in [5, 5.41) is 25.5. The maximum Gasteiger partial charge on any atom is 0.344 e. The lowest BCUT2D eigenvalue weighted by molar-refractivity contribution is -0.243. The maximum atomic E-state index is 15.6. The van der Waals surface area contributed by atoms with Crippen molar-refractivity contribution >= 4 is 45.1 Å². The summed E-state index contributed by atoms with van der Waals surface area (Å²) < 4.78 is 24.3. The third-order valence-corrected chi connectivity index (χ3v) is 18.3. The second-order valence-corrected chi connectivity index (χ2v) is 21.7. The molecule has 3 aliphatic carbocycles. The lowest BCUT2D eigenvalue weighted by Crippen LogP contribution is -2.79. The van der Waals surface area contributed by atoms with Gasteiger partial charge in [0.1, 0.15) is 0 Å². The molecule has 5 heterocycles. The largest absolute Gasteiger partial charge is 0.468 e. The van der Waals surface area contributed by atoms with Gasteiger partial charge in [-0.15, -0.1) is 0 Å². The average molecular weight is 890 g/mol. The summed E-state index contributed by atoms with van der Waals surface area (Å²) in [6.07, 6.45) is 12.7. The van der Waals surface area contributed by atoms with Gasteiger partial charge in [0.2, 0.25) is 5.60 Å². The Balaban J connectivity index is 1.32. The van der Waals surface area contributed by atoms with Crippen LogP contribution < -0.4 is 0 Å². The SMILES string of the molecule is CC[C@]1(O)C[C@H]2CN(CCC3=C(Cc4ccc(SSC)cc43)[C@@](C(=O)OC)(C3C=C4C(=CC3OC)N(C)[C@H]3[C@@](O)(C(=O)OC)[C@H](OC(C)=O)[C@]5(CC)C=CCN6CC[C@]43[C@@H]65)C2)C1. The van der Waals surface area contributed by atoms with Crippen LogP contribution in [-0.4, -0.2) is 146 Å². The van der Waals surface area contributed by atoms with Crippen LogP contribution in [0.4, 0.5) is 0 Å². The predicted molar refractivity (Wildman–Crippen MR) is 239 cm³/mol. The molecule has 0 amide bonds. The number of benzene rings is 1. The van der Waals surface area contributed by atoms with Crippen LogP contribution >= 0.6 is 21.6 Å². The molecule has 4 fully saturated rings. The Morgan fingerprint density at radius 3 is 2.44 bits per heavy atom. The van der Waals surface area contributed by atoms with Gasteiger partial charge in [-0.3, -0.25) is 19.4 Å². The number of piperidine rings is 1. The molecule has 62 heavy (non-hydrogen) atoms. The van der Waals surface area contributed by atoms with Crippen molar-refractivity contribution in [2.45, 2.75) is 106 Å². The number of carbonyl (C=O) groups excluding carboxylic acids is 3. The Morgan fingerprint density at radius 2 is 1.76 bits per heavy atom. The van der Waals surface area contributed by atoms with Gasteiger partial charge in [-0.2, -0.15) is 0 Å². The molecule has 9 rings (SSSR count). The highest BCUT2D eigenvalue weighted by Gasteiger charge is 2.81. The van der Waals surface area contributed by atoms with Gasteiger partial charge in [-0.1, -0.05) is 59.7 Å². The maximum absolute atomic E-state index is 15.6. The smallest absolute Gasteiger partial charge is 0.344 e. The van der Waals surface area contributed by atoms with Crippen LogP contribution in [0.25, 0.3) is 5.57 Å². The van der Waals surface area contributed by atoms with Crippen LogP contribution in [0.15, 0.2) is 64.2 Å². The van der Waals surface area contributed by atoms with Crippen LogP contribution in [0.3, 0.4) is 0 Å². The number of fused-ring (bicyclic) bond motifs is 5. The minimum atomic E-state index is -2.28. The summed E-state index contributed by atoms with van der Waals surface area (Å²) in [6, 6.07) is 5.51. The topological polar surface area (TPSA) is 138 Å². The Hall–Kier alpha value is -3.11. The van der Waals surface area contributed by atoms with Crippen molar-refractivity contribution in [3.05, 3.63) is 70.5 Å². The Morgan fingerprint density at radius 1 is 0.984 bits per heavy atom. The summed E-state index contributed by atoms with van der Waals surface area (Å²) in [7, 11) is 9.78. The molecule has 0 aromatic heterocycles. The van der Waals surface area contributed by atoms with Crippen molar-refractivity contribution in [1.29, 1.82) is 0 Å². The number of ether oxygens (including phenoxy) is 4. The third kappa shape index (κ3) is 6.01. The summed E-state index contributed by atoms with van der Waals surface area (Å²) >= 11 is 0. The van der Waals surface area contributed by atoms with E-state index in [2.05, 4.69) is 58.6 Å². The number of likely N-dealkylation sites (N-methyl/N-ethyl adjacent to an activating group) is 1. The van der Waals surface area contributed by atoms with Crippen LogP contribution in [0, 0.1) is 28.1 Å². The van der Waals surface area contributed by atoms with E-state index in [4.69, 9.17) is 18.9 Å². The van der Waals surface area contributed by atoms with Crippen molar-refractivity contribution < 1.29 is 43.5 Å². The van der Waals surface area contributed by atoms with E-state index in [0.717, 1.165) is 34.8 Å². The number of esters is 3. The van der Waals surface area contributed by atoms with Gasteiger partial charge in [0, 0.05) is 80.6 Å². The molecule has 0 radical (unpaired) electrons. The van der Waals surface area contributed by atoms with E-state index in [0.29, 0.717) is 64.6 Å². The molecule has 8 aliphatic rings. The van der Waals surface area contributed by atoms with E-state index in [1.807, 2.05) is 25.8 Å². The Bertz CT molecular complexity index is 2180. The second-order valence-electron chi connectivity index (χ2n) is 19.2. The molecule has 336 valence electrons. The monoisotopic (exact) mass is 889 g/mol. The molecule has 12 atom stereocenters. The van der Waals surface area contributed by atoms with Crippen LogP contribution in [0.2, 0.25) is 0 Å². The Labute approximate surface area is 373 Å². The quantitative estimate of drug-likeness (QED) is 0.141. The highest BCUT2D eigenvalue weighted by Crippen LogP contribution is 2.71. The van der Waals surface area contributed by atoms with Crippen LogP contribution in [-0.2, 0) is 39.8 Å². The number of allylic oxidation sites excluding steroid dienone is 1. The summed E-state index contributed by atoms with van der Waals surface area (Å²) in [5.74, 6) is -2.36. The van der Waals surface area contributed by atoms with Gasteiger partial charge in [0.05, 0.1) is 37.4 Å². The van der Waals surface area contributed by atoms with Crippen molar-refractivity contribution in [2.24, 2.45) is 28.1 Å². The van der Waals surface area contributed by atoms with Gasteiger partial charge < -0.3 is 34.1 Å². The predicted octanol–water partition coefficient (Wildman–Crippen LogP) is 5.43. The minimum absolute atomic E-state index is 0.0359. The fraction of sp³-hybridized carbons (Fsp3) is 0.646. The molecule has 2 N–H and O–H groups in total. The molecule has 1 spiro atoms. The fourth-order valence-corrected chi connectivity index (χ4v) is 15.9. The van der Waals surface area contributed by atoms with Crippen molar-refractivity contribution in [3.63, 3.8) is 0 Å². The first-order chi connectivity index (χ1) is 29.7. The first-order valence-corrected chi connectivity index (χ1v) is 24.9. The van der Waals surface area contributed by atoms with E-state index >= 15 is 4.79 Å². The normalized spacial score (nSPS) is 40.4. The standard InChI is InChI=1S/C48H63N3O9S2/c1-9-44(55)24-29-25-47(42(53)58-6,34-20-30-12-13-31(62-61-8)21-33(30)32(34)14-18-50(26-29)27-44)36-22-35-37(23-38(36)57-5)49(4)40-46(35)16-19-51-17-11-15-45(10-2,39(46)51)41(60-28(3)52)48(40,56)43(54)59-7/h11-13,15,21-23,29,36,38-41,55-56H,9-10,14,16-20,24-27H2,1-8H3/t29-,36?,38?,39+,40-,41-,44+,45-,46-,47-,48+/m1/s1. The molecule has 14 heteroatoms. The zero-order valence-corrected chi connectivity index (χ0v) is 39.0. The molecule has 2 bridgehead atoms. The molecule has 3 unspecified atom stereocenters. The third-order valence-electron chi connectivity index (χ3n) is 16.6. The first-order valence-electron chi connectivity index (χ1n) is 22.4. The number of aliphatic hydroxyl groups is 2. The lowest BCUT2D eigenvalue weighted by atomic mass is 9.47. The zero-order chi connectivity index (χ0) is 44.1. The van der Waals surface area contributed by atoms with Gasteiger partial charge in [-0.05, 0) is 110 Å². The van der Waals surface area contributed by atoms with E-state index < -0.39 is 63.6 Å². The molecule has 1 aromatic carbocycles. The van der Waals surface area contributed by atoms with Gasteiger partial charge in [-0.25, -0.2) is 4.79 Å². The van der Waals surface area contributed by atoms with E-state index in [1.165, 1.54) is 37.8 Å². The molecular formula is C48H63N3O9S2. The number of carbonyl (C=O) groups is 3. The minimum Gasteiger partial charge on any atom is -0.468 e. The summed E-state index contributed by atoms with van der Waals surface area (Å²) in [5.41, 5.74) is 0.141. The molecular weight excluding hydrogens is 827 g/mol.